The highest BCUT2D eigenvalue weighted by molar-refractivity contribution is 5.97. The van der Waals surface area contributed by atoms with Gasteiger partial charge in [-0.25, -0.2) is 0 Å². The maximum absolute atomic E-state index is 4.64. The summed E-state index contributed by atoms with van der Waals surface area (Å²) in [6, 6.07) is 0. The van der Waals surface area contributed by atoms with E-state index in [2.05, 4.69) is 37.6 Å². The molecule has 19 heavy (non-hydrogen) atoms. The van der Waals surface area contributed by atoms with Crippen molar-refractivity contribution in [1.29, 1.82) is 0 Å². The first-order valence-corrected chi connectivity index (χ1v) is 7.39. The number of nitrogens with zero attached hydrogens (tertiary/aromatic N) is 1. The average molecular weight is 259 g/mol. The van der Waals surface area contributed by atoms with Crippen LogP contribution in [0.5, 0.6) is 0 Å². The van der Waals surface area contributed by atoms with Gasteiger partial charge < -0.3 is 0 Å². The molecule has 1 heteroatoms. The molecule has 0 aromatic carbocycles. The molecule has 0 rings (SSSR count). The summed E-state index contributed by atoms with van der Waals surface area (Å²) in [7, 11) is 0. The number of hydrogen-bond donors (Lipinski definition) is 0. The standard InChI is InChI=1S/C18H29N/c1-5-8-10-12-13-15-17(4)18(7-3)19-16-14-11-9-6-2/h5,7-8,10,12-13,15,17H,3,6,9,11,14,16H2,1-2,4H3/b8-5?,12-10+,15-13-,19-18?. The van der Waals surface area contributed by atoms with Crippen molar-refractivity contribution in [2.24, 2.45) is 10.9 Å². The Kier molecular flexibility index (Phi) is 12.1. The molecular weight excluding hydrogens is 230 g/mol. The van der Waals surface area contributed by atoms with Gasteiger partial charge in [-0.05, 0) is 19.4 Å². The molecule has 1 atom stereocenters. The molecule has 0 aliphatic carbocycles. The largest absolute Gasteiger partial charge is 0.289 e. The van der Waals surface area contributed by atoms with Gasteiger partial charge >= 0.3 is 0 Å². The second-order valence-electron chi connectivity index (χ2n) is 4.66. The maximum Gasteiger partial charge on any atom is 0.0408 e. The Morgan fingerprint density at radius 3 is 2.47 bits per heavy atom. The number of unbranched alkanes of at least 4 members (excludes halogenated alkanes) is 3. The van der Waals surface area contributed by atoms with Gasteiger partial charge in [-0.2, -0.15) is 0 Å². The number of allylic oxidation sites excluding steroid dienone is 7. The summed E-state index contributed by atoms with van der Waals surface area (Å²) in [4.78, 5) is 4.64. The van der Waals surface area contributed by atoms with E-state index >= 15 is 0 Å². The number of hydrogen-bond acceptors (Lipinski definition) is 1. The summed E-state index contributed by atoms with van der Waals surface area (Å²) in [6.07, 6.45) is 19.3. The smallest absolute Gasteiger partial charge is 0.0408 e. The van der Waals surface area contributed by atoms with Crippen molar-refractivity contribution >= 4 is 5.71 Å². The highest BCUT2D eigenvalue weighted by Crippen LogP contribution is 2.05. The van der Waals surface area contributed by atoms with Crippen LogP contribution in [0.15, 0.2) is 54.1 Å². The molecule has 0 heterocycles. The van der Waals surface area contributed by atoms with Crippen LogP contribution in [0.25, 0.3) is 0 Å². The summed E-state index contributed by atoms with van der Waals surface area (Å²) in [5.41, 5.74) is 1.09. The van der Waals surface area contributed by atoms with E-state index in [0.717, 1.165) is 12.3 Å². The fourth-order valence-electron chi connectivity index (χ4n) is 1.71. The molecule has 0 aliphatic heterocycles. The zero-order valence-electron chi connectivity index (χ0n) is 12.8. The molecular formula is C18H29N. The molecule has 0 spiro atoms. The summed E-state index contributed by atoms with van der Waals surface area (Å²) >= 11 is 0. The predicted molar refractivity (Wildman–Crippen MR) is 88.9 cm³/mol. The molecule has 0 aromatic heterocycles. The molecule has 0 amide bonds. The summed E-state index contributed by atoms with van der Waals surface area (Å²) < 4.78 is 0. The average Bonchev–Trinajstić information content (AvgIpc) is 2.42. The minimum Gasteiger partial charge on any atom is -0.289 e. The third-order valence-corrected chi connectivity index (χ3v) is 2.91. The van der Waals surface area contributed by atoms with Crippen LogP contribution < -0.4 is 0 Å². The lowest BCUT2D eigenvalue weighted by molar-refractivity contribution is 0.674. The molecule has 106 valence electrons. The molecule has 0 aliphatic rings. The van der Waals surface area contributed by atoms with Crippen LogP contribution >= 0.6 is 0 Å². The molecule has 0 bridgehead atoms. The van der Waals surface area contributed by atoms with Gasteiger partial charge in [0.25, 0.3) is 0 Å². The van der Waals surface area contributed by atoms with Gasteiger partial charge in [-0.1, -0.05) is 76.1 Å². The lowest BCUT2D eigenvalue weighted by Gasteiger charge is -2.06. The van der Waals surface area contributed by atoms with Crippen molar-refractivity contribution in [2.45, 2.75) is 46.5 Å². The lowest BCUT2D eigenvalue weighted by Crippen LogP contribution is -2.06. The molecule has 1 nitrogen and oxygen atoms in total. The fourth-order valence-corrected chi connectivity index (χ4v) is 1.71. The van der Waals surface area contributed by atoms with E-state index in [1.54, 1.807) is 0 Å². The third kappa shape index (κ3) is 10.3. The van der Waals surface area contributed by atoms with Gasteiger partial charge in [0.15, 0.2) is 0 Å². The van der Waals surface area contributed by atoms with E-state index in [0.29, 0.717) is 5.92 Å². The van der Waals surface area contributed by atoms with Crippen LogP contribution in [0, 0.1) is 5.92 Å². The molecule has 0 aromatic rings. The van der Waals surface area contributed by atoms with Crippen LogP contribution in [-0.2, 0) is 0 Å². The van der Waals surface area contributed by atoms with Gasteiger partial charge in [-0.3, -0.25) is 4.99 Å². The predicted octanol–water partition coefficient (Wildman–Crippen LogP) is 5.52. The Bertz CT molecular complexity index is 332. The van der Waals surface area contributed by atoms with Crippen molar-refractivity contribution in [3.8, 4) is 0 Å². The first kappa shape index (κ1) is 17.6. The zero-order chi connectivity index (χ0) is 14.3. The molecule has 0 radical (unpaired) electrons. The second-order valence-corrected chi connectivity index (χ2v) is 4.66. The Hall–Kier alpha value is -1.37. The fraction of sp³-hybridized carbons (Fsp3) is 0.500. The van der Waals surface area contributed by atoms with Crippen LogP contribution in [0.1, 0.15) is 46.5 Å². The number of rotatable bonds is 10. The van der Waals surface area contributed by atoms with Crippen LogP contribution in [-0.4, -0.2) is 12.3 Å². The van der Waals surface area contributed by atoms with Crippen molar-refractivity contribution in [2.75, 3.05) is 6.54 Å². The number of aliphatic imine (C=N–C) groups is 1. The van der Waals surface area contributed by atoms with E-state index in [1.165, 1.54) is 25.7 Å². The molecule has 0 saturated carbocycles. The summed E-state index contributed by atoms with van der Waals surface area (Å²) in [6.45, 7) is 11.2. The Morgan fingerprint density at radius 1 is 1.11 bits per heavy atom. The van der Waals surface area contributed by atoms with Gasteiger partial charge in [0.2, 0.25) is 0 Å². The monoisotopic (exact) mass is 259 g/mol. The highest BCUT2D eigenvalue weighted by atomic mass is 14.7. The van der Waals surface area contributed by atoms with Crippen LogP contribution in [0.2, 0.25) is 0 Å². The van der Waals surface area contributed by atoms with Gasteiger partial charge in [0, 0.05) is 18.2 Å². The SMILES string of the molecule is C=CC(=NCCCCCC)C(C)/C=C\C=C\C=CC. The molecule has 0 N–H and O–H groups in total. The van der Waals surface area contributed by atoms with Gasteiger partial charge in [-0.15, -0.1) is 0 Å². The van der Waals surface area contributed by atoms with Gasteiger partial charge in [0.1, 0.15) is 0 Å². The summed E-state index contributed by atoms with van der Waals surface area (Å²) in [5.74, 6) is 0.332. The van der Waals surface area contributed by atoms with Crippen LogP contribution in [0.3, 0.4) is 0 Å². The molecule has 1 unspecified atom stereocenters. The zero-order valence-corrected chi connectivity index (χ0v) is 12.8. The van der Waals surface area contributed by atoms with E-state index < -0.39 is 0 Å². The third-order valence-electron chi connectivity index (χ3n) is 2.91. The van der Waals surface area contributed by atoms with E-state index in [4.69, 9.17) is 0 Å². The van der Waals surface area contributed by atoms with E-state index in [9.17, 15) is 0 Å². The van der Waals surface area contributed by atoms with Crippen molar-refractivity contribution < 1.29 is 0 Å². The first-order chi connectivity index (χ1) is 9.26. The summed E-state index contributed by atoms with van der Waals surface area (Å²) in [5, 5.41) is 0. The lowest BCUT2D eigenvalue weighted by atomic mass is 10.0. The topological polar surface area (TPSA) is 12.4 Å². The van der Waals surface area contributed by atoms with Crippen molar-refractivity contribution in [3.05, 3.63) is 49.1 Å². The van der Waals surface area contributed by atoms with Crippen molar-refractivity contribution in [3.63, 3.8) is 0 Å². The van der Waals surface area contributed by atoms with Gasteiger partial charge in [0.05, 0.1) is 0 Å². The van der Waals surface area contributed by atoms with E-state index in [-0.39, 0.29) is 0 Å². The first-order valence-electron chi connectivity index (χ1n) is 7.39. The quantitative estimate of drug-likeness (QED) is 0.278. The Morgan fingerprint density at radius 2 is 1.84 bits per heavy atom. The van der Waals surface area contributed by atoms with Crippen LogP contribution in [0.4, 0.5) is 0 Å². The maximum atomic E-state index is 4.64. The Balaban J connectivity index is 4.18. The Labute approximate surface area is 119 Å². The van der Waals surface area contributed by atoms with E-state index in [1.807, 2.05) is 37.3 Å². The normalized spacial score (nSPS) is 14.8. The molecule has 0 saturated heterocycles. The minimum absolute atomic E-state index is 0.332. The minimum atomic E-state index is 0.332. The molecule has 0 fully saturated rings. The highest BCUT2D eigenvalue weighted by Gasteiger charge is 2.01. The second kappa shape index (κ2) is 13.1. The van der Waals surface area contributed by atoms with Crippen molar-refractivity contribution in [1.82, 2.24) is 0 Å².